The number of aryl methyl sites for hydroxylation is 3. The van der Waals surface area contributed by atoms with Gasteiger partial charge >= 0.3 is 7.60 Å². The minimum atomic E-state index is -3.38. The van der Waals surface area contributed by atoms with E-state index in [1.54, 1.807) is 6.07 Å². The Hall–Kier alpha value is -2.59. The summed E-state index contributed by atoms with van der Waals surface area (Å²) in [5.41, 5.74) is 7.68. The highest BCUT2D eigenvalue weighted by molar-refractivity contribution is 7.53. The van der Waals surface area contributed by atoms with E-state index in [1.807, 2.05) is 43.3 Å². The molecule has 4 rings (SSSR count). The van der Waals surface area contributed by atoms with Gasteiger partial charge < -0.3 is 14.4 Å². The second-order valence-corrected chi connectivity index (χ2v) is 11.7. The van der Waals surface area contributed by atoms with Gasteiger partial charge in [-0.15, -0.1) is 0 Å². The number of aromatic hydroxyl groups is 1. The second kappa shape index (κ2) is 10.6. The summed E-state index contributed by atoms with van der Waals surface area (Å²) in [6.45, 7) is 10.7. The lowest BCUT2D eigenvalue weighted by atomic mass is 9.93. The molecule has 0 bridgehead atoms. The molecular formula is C29H35O5P. The molecule has 0 aliphatic carbocycles. The van der Waals surface area contributed by atoms with E-state index in [2.05, 4.69) is 39.8 Å². The Labute approximate surface area is 208 Å². The fraction of sp³-hybridized carbons (Fsp3) is 0.379. The summed E-state index contributed by atoms with van der Waals surface area (Å²) < 4.78 is 30.7. The first-order valence-corrected chi connectivity index (χ1v) is 13.9. The second-order valence-electron chi connectivity index (χ2n) is 9.77. The van der Waals surface area contributed by atoms with Gasteiger partial charge in [0, 0.05) is 6.42 Å². The van der Waals surface area contributed by atoms with E-state index >= 15 is 0 Å². The maximum atomic E-state index is 13.3. The molecule has 0 amide bonds. The van der Waals surface area contributed by atoms with E-state index in [9.17, 15) is 9.67 Å². The van der Waals surface area contributed by atoms with Crippen molar-refractivity contribution in [3.05, 3.63) is 93.5 Å². The van der Waals surface area contributed by atoms with Crippen LogP contribution in [0.15, 0.2) is 54.6 Å². The molecule has 3 aromatic carbocycles. The predicted molar refractivity (Wildman–Crippen MR) is 140 cm³/mol. The fourth-order valence-corrected chi connectivity index (χ4v) is 6.09. The largest absolute Gasteiger partial charge is 0.508 e. The summed E-state index contributed by atoms with van der Waals surface area (Å²) >= 11 is 0. The molecule has 0 aromatic heterocycles. The number of rotatable bonds is 7. The van der Waals surface area contributed by atoms with Crippen LogP contribution in [0.5, 0.6) is 11.5 Å². The van der Waals surface area contributed by atoms with Crippen molar-refractivity contribution in [2.75, 3.05) is 13.0 Å². The van der Waals surface area contributed by atoms with Crippen molar-refractivity contribution < 1.29 is 23.5 Å². The van der Waals surface area contributed by atoms with Gasteiger partial charge in [-0.2, -0.15) is 0 Å². The van der Waals surface area contributed by atoms with Crippen LogP contribution in [0.1, 0.15) is 71.2 Å². The van der Waals surface area contributed by atoms with Crippen LogP contribution in [0.4, 0.5) is 0 Å². The van der Waals surface area contributed by atoms with Gasteiger partial charge in [0.25, 0.3) is 0 Å². The summed E-state index contributed by atoms with van der Waals surface area (Å²) in [4.78, 5) is 0. The van der Waals surface area contributed by atoms with Crippen LogP contribution in [0.25, 0.3) is 0 Å². The fourth-order valence-electron chi connectivity index (χ4n) is 4.59. The maximum absolute atomic E-state index is 13.3. The highest BCUT2D eigenvalue weighted by Crippen LogP contribution is 2.56. The Morgan fingerprint density at radius 3 is 2.49 bits per heavy atom. The van der Waals surface area contributed by atoms with Crippen LogP contribution in [-0.2, 0) is 20.0 Å². The Morgan fingerprint density at radius 1 is 1.06 bits per heavy atom. The van der Waals surface area contributed by atoms with Crippen molar-refractivity contribution in [3.63, 3.8) is 0 Å². The van der Waals surface area contributed by atoms with Crippen LogP contribution in [0.2, 0.25) is 0 Å². The van der Waals surface area contributed by atoms with Crippen molar-refractivity contribution in [2.24, 2.45) is 0 Å². The summed E-state index contributed by atoms with van der Waals surface area (Å²) in [6, 6.07) is 17.8. The summed E-state index contributed by atoms with van der Waals surface area (Å²) in [7, 11) is -3.38. The Balaban J connectivity index is 1.45. The van der Waals surface area contributed by atoms with E-state index in [-0.39, 0.29) is 18.4 Å². The van der Waals surface area contributed by atoms with Gasteiger partial charge in [0.2, 0.25) is 0 Å². The zero-order chi connectivity index (χ0) is 25.2. The molecule has 1 N–H and O–H groups in total. The number of hydrogen-bond donors (Lipinski definition) is 1. The third-order valence-electron chi connectivity index (χ3n) is 6.52. The van der Waals surface area contributed by atoms with Gasteiger partial charge in [-0.25, -0.2) is 0 Å². The van der Waals surface area contributed by atoms with Crippen LogP contribution in [0.3, 0.4) is 0 Å². The standard InChI is InChI=1S/C29H35O5P/c1-19(2)26-16-23(9-10-28(26)30)17-27-21(4)14-25(15-22(27)5)32-18-35(31)33-12-11-29(34-35)24-8-6-7-20(3)13-24/h6-10,13-16,19,29-30H,11-12,17-18H2,1-5H3/t29-,35?/m0/s1. The topological polar surface area (TPSA) is 65.0 Å². The first kappa shape index (κ1) is 25.5. The molecule has 0 saturated carbocycles. The van der Waals surface area contributed by atoms with Gasteiger partial charge in [-0.05, 0) is 84.7 Å². The number of phenolic OH excluding ortho intramolecular Hbond substituents is 1. The average Bonchev–Trinajstić information content (AvgIpc) is 2.81. The number of hydrogen-bond acceptors (Lipinski definition) is 5. The van der Waals surface area contributed by atoms with Crippen LogP contribution in [-0.4, -0.2) is 18.1 Å². The first-order chi connectivity index (χ1) is 16.6. The molecule has 3 aromatic rings. The summed E-state index contributed by atoms with van der Waals surface area (Å²) in [5, 5.41) is 10.1. The average molecular weight is 495 g/mol. The summed E-state index contributed by atoms with van der Waals surface area (Å²) in [5.74, 6) is 1.25. The van der Waals surface area contributed by atoms with E-state index in [0.29, 0.717) is 24.5 Å². The van der Waals surface area contributed by atoms with Crippen molar-refractivity contribution >= 4 is 7.60 Å². The molecule has 1 aliphatic heterocycles. The molecule has 1 heterocycles. The van der Waals surface area contributed by atoms with Gasteiger partial charge in [-0.1, -0.05) is 55.8 Å². The molecule has 6 heteroatoms. The third-order valence-corrected chi connectivity index (χ3v) is 8.12. The lowest BCUT2D eigenvalue weighted by Crippen LogP contribution is -2.17. The SMILES string of the molecule is Cc1cccc([C@@H]2CCOP(=O)(COc3cc(C)c(Cc4ccc(O)c(C(C)C)c4)c(C)c3)O2)c1. The van der Waals surface area contributed by atoms with Crippen LogP contribution < -0.4 is 4.74 Å². The minimum Gasteiger partial charge on any atom is -0.508 e. The smallest absolute Gasteiger partial charge is 0.368 e. The lowest BCUT2D eigenvalue weighted by Gasteiger charge is -2.30. The summed E-state index contributed by atoms with van der Waals surface area (Å²) in [6.07, 6.45) is 1.05. The monoisotopic (exact) mass is 494 g/mol. The van der Waals surface area contributed by atoms with Gasteiger partial charge in [0.15, 0.2) is 6.35 Å². The molecule has 0 spiro atoms. The Kier molecular flexibility index (Phi) is 7.70. The molecule has 35 heavy (non-hydrogen) atoms. The van der Waals surface area contributed by atoms with Crippen molar-refractivity contribution in [3.8, 4) is 11.5 Å². The first-order valence-electron chi connectivity index (χ1n) is 12.2. The van der Waals surface area contributed by atoms with Crippen molar-refractivity contribution in [2.45, 2.75) is 59.5 Å². The lowest BCUT2D eigenvalue weighted by molar-refractivity contribution is 0.0725. The Bertz CT molecular complexity index is 1230. The van der Waals surface area contributed by atoms with Crippen LogP contribution >= 0.6 is 7.60 Å². The van der Waals surface area contributed by atoms with E-state index in [0.717, 1.165) is 39.8 Å². The normalized spacial score (nSPS) is 20.2. The number of ether oxygens (including phenoxy) is 1. The van der Waals surface area contributed by atoms with E-state index in [4.69, 9.17) is 13.8 Å². The molecule has 2 atom stereocenters. The molecule has 5 nitrogen and oxygen atoms in total. The van der Waals surface area contributed by atoms with Crippen LogP contribution in [0, 0.1) is 20.8 Å². The highest BCUT2D eigenvalue weighted by Gasteiger charge is 2.35. The van der Waals surface area contributed by atoms with Gasteiger partial charge in [-0.3, -0.25) is 9.09 Å². The van der Waals surface area contributed by atoms with Gasteiger partial charge in [0.05, 0.1) is 12.7 Å². The molecule has 0 radical (unpaired) electrons. The van der Waals surface area contributed by atoms with Gasteiger partial charge in [0.1, 0.15) is 11.5 Å². The molecular weight excluding hydrogens is 459 g/mol. The number of benzene rings is 3. The zero-order valence-corrected chi connectivity index (χ0v) is 22.1. The predicted octanol–water partition coefficient (Wildman–Crippen LogP) is 7.74. The van der Waals surface area contributed by atoms with Crippen molar-refractivity contribution in [1.29, 1.82) is 0 Å². The Morgan fingerprint density at radius 2 is 1.80 bits per heavy atom. The highest BCUT2D eigenvalue weighted by atomic mass is 31.2. The molecule has 186 valence electrons. The minimum absolute atomic E-state index is 0.122. The molecule has 1 aliphatic rings. The zero-order valence-electron chi connectivity index (χ0n) is 21.2. The van der Waals surface area contributed by atoms with E-state index in [1.165, 1.54) is 5.56 Å². The maximum Gasteiger partial charge on any atom is 0.368 e. The van der Waals surface area contributed by atoms with E-state index < -0.39 is 7.60 Å². The van der Waals surface area contributed by atoms with Crippen molar-refractivity contribution in [1.82, 2.24) is 0 Å². The molecule has 1 fully saturated rings. The molecule has 1 unspecified atom stereocenters. The molecule has 1 saturated heterocycles. The quantitative estimate of drug-likeness (QED) is 0.340. The third kappa shape index (κ3) is 6.16. The number of phenols is 1.